The van der Waals surface area contributed by atoms with Crippen molar-refractivity contribution < 1.29 is 18.7 Å². The van der Waals surface area contributed by atoms with E-state index >= 15 is 0 Å². The average Bonchev–Trinajstić information content (AvgIpc) is 2.50. The van der Waals surface area contributed by atoms with Gasteiger partial charge in [-0.1, -0.05) is 24.3 Å². The van der Waals surface area contributed by atoms with Gasteiger partial charge in [0.05, 0.1) is 7.11 Å². The van der Waals surface area contributed by atoms with Crippen LogP contribution in [0.25, 0.3) is 0 Å². The lowest BCUT2D eigenvalue weighted by Crippen LogP contribution is -2.33. The predicted molar refractivity (Wildman–Crippen MR) is 76.6 cm³/mol. The van der Waals surface area contributed by atoms with Crippen molar-refractivity contribution in [3.63, 3.8) is 0 Å². The highest BCUT2D eigenvalue weighted by atomic mass is 19.1. The van der Waals surface area contributed by atoms with E-state index in [-0.39, 0.29) is 12.2 Å². The molecule has 1 unspecified atom stereocenters. The monoisotopic (exact) mass is 289 g/mol. The minimum absolute atomic E-state index is 0.0933. The number of benzene rings is 2. The SMILES string of the molecule is COC(=O)C(N)Cc1ccc(F)c(Oc2ccccc2)c1. The molecule has 110 valence electrons. The summed E-state index contributed by atoms with van der Waals surface area (Å²) < 4.78 is 23.8. The molecule has 0 bridgehead atoms. The second-order valence-electron chi connectivity index (χ2n) is 4.51. The summed E-state index contributed by atoms with van der Waals surface area (Å²) in [7, 11) is 1.27. The third kappa shape index (κ3) is 4.03. The Labute approximate surface area is 122 Å². The number of para-hydroxylation sites is 1. The van der Waals surface area contributed by atoms with Crippen molar-refractivity contribution in [2.24, 2.45) is 5.73 Å². The highest BCUT2D eigenvalue weighted by Crippen LogP contribution is 2.25. The van der Waals surface area contributed by atoms with E-state index in [2.05, 4.69) is 4.74 Å². The van der Waals surface area contributed by atoms with Crippen LogP contribution in [0.1, 0.15) is 5.56 Å². The lowest BCUT2D eigenvalue weighted by molar-refractivity contribution is -0.142. The smallest absolute Gasteiger partial charge is 0.322 e. The van der Waals surface area contributed by atoms with Gasteiger partial charge in [-0.15, -0.1) is 0 Å². The summed E-state index contributed by atoms with van der Waals surface area (Å²) in [5.41, 5.74) is 6.39. The third-order valence-electron chi connectivity index (χ3n) is 2.93. The van der Waals surface area contributed by atoms with Crippen molar-refractivity contribution in [1.29, 1.82) is 0 Å². The summed E-state index contributed by atoms with van der Waals surface area (Å²) in [5, 5.41) is 0. The number of halogens is 1. The molecule has 21 heavy (non-hydrogen) atoms. The van der Waals surface area contributed by atoms with Gasteiger partial charge in [0, 0.05) is 0 Å². The van der Waals surface area contributed by atoms with Crippen molar-refractivity contribution >= 4 is 5.97 Å². The van der Waals surface area contributed by atoms with Gasteiger partial charge in [-0.3, -0.25) is 4.79 Å². The molecular weight excluding hydrogens is 273 g/mol. The molecule has 0 radical (unpaired) electrons. The van der Waals surface area contributed by atoms with E-state index < -0.39 is 17.8 Å². The van der Waals surface area contributed by atoms with Gasteiger partial charge in [-0.25, -0.2) is 4.39 Å². The standard InChI is InChI=1S/C16H16FNO3/c1-20-16(19)14(18)9-11-7-8-13(17)15(10-11)21-12-5-3-2-4-6-12/h2-8,10,14H,9,18H2,1H3. The molecule has 2 rings (SSSR count). The molecule has 0 fully saturated rings. The van der Waals surface area contributed by atoms with Crippen molar-refractivity contribution in [2.75, 3.05) is 7.11 Å². The Morgan fingerprint density at radius 3 is 2.62 bits per heavy atom. The molecule has 5 heteroatoms. The molecule has 4 nitrogen and oxygen atoms in total. The number of methoxy groups -OCH3 is 1. The summed E-state index contributed by atoms with van der Waals surface area (Å²) >= 11 is 0. The number of carbonyl (C=O) groups excluding carboxylic acids is 1. The third-order valence-corrected chi connectivity index (χ3v) is 2.93. The fraction of sp³-hybridized carbons (Fsp3) is 0.188. The lowest BCUT2D eigenvalue weighted by atomic mass is 10.1. The van der Waals surface area contributed by atoms with E-state index in [0.29, 0.717) is 11.3 Å². The zero-order valence-electron chi connectivity index (χ0n) is 11.6. The first kappa shape index (κ1) is 15.0. The van der Waals surface area contributed by atoms with Gasteiger partial charge in [0.1, 0.15) is 11.8 Å². The fourth-order valence-electron chi connectivity index (χ4n) is 1.86. The zero-order valence-corrected chi connectivity index (χ0v) is 11.6. The number of carbonyl (C=O) groups is 1. The van der Waals surface area contributed by atoms with Crippen LogP contribution in [0, 0.1) is 5.82 Å². The van der Waals surface area contributed by atoms with Gasteiger partial charge in [0.15, 0.2) is 11.6 Å². The number of hydrogen-bond acceptors (Lipinski definition) is 4. The Morgan fingerprint density at radius 1 is 1.24 bits per heavy atom. The first-order valence-electron chi connectivity index (χ1n) is 6.45. The van der Waals surface area contributed by atoms with E-state index in [4.69, 9.17) is 10.5 Å². The molecule has 2 aromatic rings. The van der Waals surface area contributed by atoms with Gasteiger partial charge < -0.3 is 15.2 Å². The van der Waals surface area contributed by atoms with Gasteiger partial charge in [0.25, 0.3) is 0 Å². The Bertz CT molecular complexity index is 616. The maximum absolute atomic E-state index is 13.8. The molecule has 0 saturated heterocycles. The van der Waals surface area contributed by atoms with E-state index in [0.717, 1.165) is 0 Å². The zero-order chi connectivity index (χ0) is 15.2. The molecule has 2 N–H and O–H groups in total. The lowest BCUT2D eigenvalue weighted by Gasteiger charge is -2.11. The van der Waals surface area contributed by atoms with Crippen LogP contribution < -0.4 is 10.5 Å². The van der Waals surface area contributed by atoms with Crippen LogP contribution in [0.15, 0.2) is 48.5 Å². The first-order valence-corrected chi connectivity index (χ1v) is 6.45. The highest BCUT2D eigenvalue weighted by Gasteiger charge is 2.15. The summed E-state index contributed by atoms with van der Waals surface area (Å²) in [4.78, 5) is 11.3. The molecule has 0 aliphatic rings. The number of ether oxygens (including phenoxy) is 2. The van der Waals surface area contributed by atoms with Gasteiger partial charge >= 0.3 is 5.97 Å². The molecule has 0 amide bonds. The van der Waals surface area contributed by atoms with E-state index in [1.165, 1.54) is 19.2 Å². The number of rotatable bonds is 5. The number of hydrogen-bond donors (Lipinski definition) is 1. The van der Waals surface area contributed by atoms with Crippen LogP contribution in [0.3, 0.4) is 0 Å². The largest absolute Gasteiger partial charge is 0.468 e. The predicted octanol–water partition coefficient (Wildman–Crippen LogP) is 2.66. The highest BCUT2D eigenvalue weighted by molar-refractivity contribution is 5.75. The summed E-state index contributed by atoms with van der Waals surface area (Å²) in [6, 6.07) is 12.5. The first-order chi connectivity index (χ1) is 10.1. The van der Waals surface area contributed by atoms with Gasteiger partial charge in [-0.05, 0) is 36.2 Å². The molecule has 0 aliphatic carbocycles. The molecule has 0 aliphatic heterocycles. The molecule has 1 atom stereocenters. The Hall–Kier alpha value is -2.40. The maximum Gasteiger partial charge on any atom is 0.322 e. The normalized spacial score (nSPS) is 11.8. The fourth-order valence-corrected chi connectivity index (χ4v) is 1.86. The van der Waals surface area contributed by atoms with E-state index in [1.807, 2.05) is 6.07 Å². The topological polar surface area (TPSA) is 61.5 Å². The van der Waals surface area contributed by atoms with Crippen LogP contribution in [-0.2, 0) is 16.0 Å². The maximum atomic E-state index is 13.8. The van der Waals surface area contributed by atoms with Gasteiger partial charge in [-0.2, -0.15) is 0 Å². The number of nitrogens with two attached hydrogens (primary N) is 1. The second-order valence-corrected chi connectivity index (χ2v) is 4.51. The van der Waals surface area contributed by atoms with Crippen molar-refractivity contribution in [1.82, 2.24) is 0 Å². The molecule has 0 saturated carbocycles. The number of esters is 1. The summed E-state index contributed by atoms with van der Waals surface area (Å²) in [6.07, 6.45) is 0.248. The molecule has 0 aromatic heterocycles. The summed E-state index contributed by atoms with van der Waals surface area (Å²) in [5.74, 6) is -0.360. The van der Waals surface area contributed by atoms with Crippen LogP contribution in [0.2, 0.25) is 0 Å². The minimum Gasteiger partial charge on any atom is -0.468 e. The second kappa shape index (κ2) is 6.85. The van der Waals surface area contributed by atoms with Crippen molar-refractivity contribution in [3.8, 4) is 11.5 Å². The van der Waals surface area contributed by atoms with Crippen LogP contribution in [0.5, 0.6) is 11.5 Å². The Balaban J connectivity index is 2.15. The van der Waals surface area contributed by atoms with E-state index in [1.54, 1.807) is 30.3 Å². The van der Waals surface area contributed by atoms with Crippen LogP contribution >= 0.6 is 0 Å². The Kier molecular flexibility index (Phi) is 4.90. The average molecular weight is 289 g/mol. The molecule has 0 heterocycles. The molecular formula is C16H16FNO3. The van der Waals surface area contributed by atoms with Crippen LogP contribution in [0.4, 0.5) is 4.39 Å². The van der Waals surface area contributed by atoms with Crippen molar-refractivity contribution in [2.45, 2.75) is 12.5 Å². The van der Waals surface area contributed by atoms with Crippen LogP contribution in [-0.4, -0.2) is 19.1 Å². The van der Waals surface area contributed by atoms with E-state index in [9.17, 15) is 9.18 Å². The van der Waals surface area contributed by atoms with Crippen molar-refractivity contribution in [3.05, 3.63) is 59.9 Å². The summed E-state index contributed by atoms with van der Waals surface area (Å²) in [6.45, 7) is 0. The van der Waals surface area contributed by atoms with Gasteiger partial charge in [0.2, 0.25) is 0 Å². The molecule has 0 spiro atoms. The Morgan fingerprint density at radius 2 is 1.95 bits per heavy atom. The quantitative estimate of drug-likeness (QED) is 0.860. The minimum atomic E-state index is -0.787. The molecule has 2 aromatic carbocycles.